The quantitative estimate of drug-likeness (QED) is 0.676. The van der Waals surface area contributed by atoms with Crippen molar-refractivity contribution in [2.45, 2.75) is 20.3 Å². The van der Waals surface area contributed by atoms with Crippen molar-refractivity contribution < 1.29 is 4.74 Å². The Balaban J connectivity index is 2.18. The summed E-state index contributed by atoms with van der Waals surface area (Å²) in [4.78, 5) is 12.0. The summed E-state index contributed by atoms with van der Waals surface area (Å²) in [5, 5.41) is 3.05. The van der Waals surface area contributed by atoms with Crippen LogP contribution >= 0.6 is 11.6 Å². The molecular weight excluding hydrogens is 264 g/mol. The predicted molar refractivity (Wildman–Crippen MR) is 76.7 cm³/mol. The summed E-state index contributed by atoms with van der Waals surface area (Å²) < 4.78 is 7.05. The van der Waals surface area contributed by atoms with Crippen molar-refractivity contribution in [1.29, 1.82) is 0 Å². The lowest BCUT2D eigenvalue weighted by Crippen LogP contribution is -2.15. The molecule has 19 heavy (non-hydrogen) atoms. The number of aryl methyl sites for hydroxylation is 1. The standard InChI is InChI=1S/C14H17ClN2O2/c1-10-11(2)16-17(14(10)18)12-4-6-13(7-5-12)19-9-3-8-15/h4-7,16H,3,8-9H2,1-2H3. The molecule has 0 amide bonds. The number of aromatic nitrogens is 2. The number of ether oxygens (including phenoxy) is 1. The third-order valence-corrected chi connectivity index (χ3v) is 3.27. The molecule has 1 N–H and O–H groups in total. The highest BCUT2D eigenvalue weighted by atomic mass is 35.5. The van der Waals surface area contributed by atoms with Crippen LogP contribution in [0.3, 0.4) is 0 Å². The molecule has 0 saturated carbocycles. The molecule has 1 aromatic carbocycles. The summed E-state index contributed by atoms with van der Waals surface area (Å²) in [6.07, 6.45) is 0.817. The van der Waals surface area contributed by atoms with Crippen LogP contribution in [0, 0.1) is 13.8 Å². The largest absolute Gasteiger partial charge is 0.494 e. The van der Waals surface area contributed by atoms with Crippen molar-refractivity contribution in [3.63, 3.8) is 0 Å². The number of nitrogens with one attached hydrogen (secondary N) is 1. The van der Waals surface area contributed by atoms with Gasteiger partial charge in [-0.15, -0.1) is 11.6 Å². The Hall–Kier alpha value is -1.68. The molecule has 2 aromatic rings. The zero-order valence-corrected chi connectivity index (χ0v) is 11.8. The number of H-pyrrole nitrogens is 1. The smallest absolute Gasteiger partial charge is 0.274 e. The van der Waals surface area contributed by atoms with Gasteiger partial charge in [0.25, 0.3) is 5.56 Å². The van der Waals surface area contributed by atoms with Gasteiger partial charge < -0.3 is 4.74 Å². The molecule has 0 saturated heterocycles. The van der Waals surface area contributed by atoms with Crippen LogP contribution in [0.2, 0.25) is 0 Å². The van der Waals surface area contributed by atoms with E-state index in [0.717, 1.165) is 29.1 Å². The molecule has 1 heterocycles. The highest BCUT2D eigenvalue weighted by Gasteiger charge is 2.07. The number of alkyl halides is 1. The Bertz CT molecular complexity index is 599. The maximum Gasteiger partial charge on any atom is 0.274 e. The third-order valence-electron chi connectivity index (χ3n) is 3.01. The molecule has 4 nitrogen and oxygen atoms in total. The van der Waals surface area contributed by atoms with Gasteiger partial charge in [0, 0.05) is 17.1 Å². The molecule has 0 atom stereocenters. The van der Waals surface area contributed by atoms with E-state index >= 15 is 0 Å². The van der Waals surface area contributed by atoms with Crippen LogP contribution in [0.25, 0.3) is 5.69 Å². The first-order valence-corrected chi connectivity index (χ1v) is 6.74. The lowest BCUT2D eigenvalue weighted by molar-refractivity contribution is 0.318. The van der Waals surface area contributed by atoms with E-state index in [2.05, 4.69) is 5.10 Å². The van der Waals surface area contributed by atoms with Gasteiger partial charge in [0.05, 0.1) is 12.3 Å². The third kappa shape index (κ3) is 3.01. The Labute approximate surface area is 116 Å². The Morgan fingerprint density at radius 3 is 2.47 bits per heavy atom. The van der Waals surface area contributed by atoms with Crippen LogP contribution in [0.4, 0.5) is 0 Å². The van der Waals surface area contributed by atoms with Crippen molar-refractivity contribution in [1.82, 2.24) is 9.78 Å². The maximum atomic E-state index is 12.0. The topological polar surface area (TPSA) is 47.0 Å². The van der Waals surface area contributed by atoms with Gasteiger partial charge in [-0.2, -0.15) is 0 Å². The maximum absolute atomic E-state index is 12.0. The molecule has 5 heteroatoms. The van der Waals surface area contributed by atoms with Gasteiger partial charge in [0.2, 0.25) is 0 Å². The summed E-state index contributed by atoms with van der Waals surface area (Å²) >= 11 is 5.59. The van der Waals surface area contributed by atoms with Gasteiger partial charge in [-0.1, -0.05) is 0 Å². The first kappa shape index (κ1) is 13.7. The minimum Gasteiger partial charge on any atom is -0.494 e. The summed E-state index contributed by atoms with van der Waals surface area (Å²) in [5.74, 6) is 1.37. The van der Waals surface area contributed by atoms with E-state index in [9.17, 15) is 4.79 Å². The van der Waals surface area contributed by atoms with Gasteiger partial charge >= 0.3 is 0 Å². The molecule has 1 aromatic heterocycles. The molecular formula is C14H17ClN2O2. The van der Waals surface area contributed by atoms with Crippen LogP contribution in [-0.4, -0.2) is 22.3 Å². The van der Waals surface area contributed by atoms with E-state index in [1.807, 2.05) is 38.1 Å². The van der Waals surface area contributed by atoms with Crippen molar-refractivity contribution in [2.24, 2.45) is 0 Å². The number of nitrogens with zero attached hydrogens (tertiary/aromatic N) is 1. The summed E-state index contributed by atoms with van der Waals surface area (Å²) in [5.41, 5.74) is 2.40. The first-order valence-electron chi connectivity index (χ1n) is 6.21. The molecule has 0 fully saturated rings. The number of hydrogen-bond acceptors (Lipinski definition) is 2. The lowest BCUT2D eigenvalue weighted by Gasteiger charge is -2.06. The van der Waals surface area contributed by atoms with E-state index in [0.29, 0.717) is 12.5 Å². The average molecular weight is 281 g/mol. The average Bonchev–Trinajstić information content (AvgIpc) is 2.68. The number of halogens is 1. The van der Waals surface area contributed by atoms with Gasteiger partial charge in [-0.3, -0.25) is 9.89 Å². The summed E-state index contributed by atoms with van der Waals surface area (Å²) in [6, 6.07) is 7.41. The zero-order valence-electron chi connectivity index (χ0n) is 11.1. The number of hydrogen-bond donors (Lipinski definition) is 1. The molecule has 0 bridgehead atoms. The molecule has 2 rings (SSSR count). The molecule has 102 valence electrons. The molecule has 0 spiro atoms. The molecule has 0 unspecified atom stereocenters. The Morgan fingerprint density at radius 2 is 1.95 bits per heavy atom. The van der Waals surface area contributed by atoms with E-state index in [-0.39, 0.29) is 5.56 Å². The van der Waals surface area contributed by atoms with E-state index in [4.69, 9.17) is 16.3 Å². The normalized spacial score (nSPS) is 10.7. The second-order valence-corrected chi connectivity index (χ2v) is 4.77. The van der Waals surface area contributed by atoms with Crippen LogP contribution in [-0.2, 0) is 0 Å². The fraction of sp³-hybridized carbons (Fsp3) is 0.357. The molecule has 0 aliphatic carbocycles. The number of benzene rings is 1. The van der Waals surface area contributed by atoms with Crippen LogP contribution in [0.5, 0.6) is 5.75 Å². The van der Waals surface area contributed by atoms with E-state index < -0.39 is 0 Å². The van der Waals surface area contributed by atoms with Gasteiger partial charge in [-0.25, -0.2) is 4.68 Å². The van der Waals surface area contributed by atoms with Gasteiger partial charge in [-0.05, 0) is 44.5 Å². The van der Waals surface area contributed by atoms with Crippen molar-refractivity contribution >= 4 is 11.6 Å². The monoisotopic (exact) mass is 280 g/mol. The van der Waals surface area contributed by atoms with Crippen molar-refractivity contribution in [2.75, 3.05) is 12.5 Å². The molecule has 0 aliphatic heterocycles. The van der Waals surface area contributed by atoms with Gasteiger partial charge in [0.15, 0.2) is 0 Å². The van der Waals surface area contributed by atoms with Crippen LogP contribution < -0.4 is 10.3 Å². The molecule has 0 radical (unpaired) electrons. The summed E-state index contributed by atoms with van der Waals surface area (Å²) in [6.45, 7) is 4.30. The first-order chi connectivity index (χ1) is 9.13. The minimum atomic E-state index is -0.0201. The van der Waals surface area contributed by atoms with E-state index in [1.54, 1.807) is 0 Å². The second kappa shape index (κ2) is 5.97. The Kier molecular flexibility index (Phi) is 4.32. The number of aromatic amines is 1. The summed E-state index contributed by atoms with van der Waals surface area (Å²) in [7, 11) is 0. The fourth-order valence-electron chi connectivity index (χ4n) is 1.75. The van der Waals surface area contributed by atoms with Gasteiger partial charge in [0.1, 0.15) is 5.75 Å². The lowest BCUT2D eigenvalue weighted by atomic mass is 10.3. The van der Waals surface area contributed by atoms with E-state index in [1.165, 1.54) is 4.68 Å². The predicted octanol–water partition coefficient (Wildman–Crippen LogP) is 2.79. The zero-order chi connectivity index (χ0) is 13.8. The second-order valence-electron chi connectivity index (χ2n) is 4.39. The highest BCUT2D eigenvalue weighted by molar-refractivity contribution is 6.17. The van der Waals surface area contributed by atoms with Crippen LogP contribution in [0.1, 0.15) is 17.7 Å². The minimum absolute atomic E-state index is 0.0201. The Morgan fingerprint density at radius 1 is 1.26 bits per heavy atom. The fourth-order valence-corrected chi connectivity index (χ4v) is 1.86. The van der Waals surface area contributed by atoms with Crippen LogP contribution in [0.15, 0.2) is 29.1 Å². The number of rotatable bonds is 5. The SMILES string of the molecule is Cc1[nH]n(-c2ccc(OCCCCl)cc2)c(=O)c1C. The molecule has 0 aliphatic rings. The highest BCUT2D eigenvalue weighted by Crippen LogP contribution is 2.14. The van der Waals surface area contributed by atoms with Crippen molar-refractivity contribution in [3.05, 3.63) is 45.9 Å². The van der Waals surface area contributed by atoms with Crippen molar-refractivity contribution in [3.8, 4) is 11.4 Å².